The Morgan fingerprint density at radius 2 is 1.89 bits per heavy atom. The molecule has 0 spiro atoms. The van der Waals surface area contributed by atoms with Gasteiger partial charge in [-0.3, -0.25) is 0 Å². The third-order valence-electron chi connectivity index (χ3n) is 2.50. The number of ether oxygens (including phenoxy) is 2. The summed E-state index contributed by atoms with van der Waals surface area (Å²) >= 11 is 0. The summed E-state index contributed by atoms with van der Waals surface area (Å²) in [6.07, 6.45) is -4.70. The number of alkyl halides is 4. The van der Waals surface area contributed by atoms with E-state index in [1.165, 1.54) is 7.11 Å². The van der Waals surface area contributed by atoms with E-state index < -0.39 is 25.1 Å². The lowest BCUT2D eigenvalue weighted by atomic mass is 10.1. The van der Waals surface area contributed by atoms with E-state index in [1.807, 2.05) is 0 Å². The summed E-state index contributed by atoms with van der Waals surface area (Å²) in [6.45, 7) is -1.52. The molecule has 0 aliphatic heterocycles. The van der Waals surface area contributed by atoms with Crippen molar-refractivity contribution in [2.75, 3.05) is 20.3 Å². The number of hydrogen-bond donors (Lipinski definition) is 1. The highest BCUT2D eigenvalue weighted by molar-refractivity contribution is 5.35. The van der Waals surface area contributed by atoms with E-state index in [0.717, 1.165) is 0 Å². The van der Waals surface area contributed by atoms with Gasteiger partial charge in [0.05, 0.1) is 13.2 Å². The van der Waals surface area contributed by atoms with E-state index in [4.69, 9.17) is 15.2 Å². The van der Waals surface area contributed by atoms with Gasteiger partial charge in [0.15, 0.2) is 0 Å². The molecule has 0 saturated carbocycles. The third kappa shape index (κ3) is 4.07. The molecule has 0 saturated heterocycles. The summed E-state index contributed by atoms with van der Waals surface area (Å²) in [5, 5.41) is 0. The fraction of sp³-hybridized carbons (Fsp3) is 0.500. The van der Waals surface area contributed by atoms with Gasteiger partial charge in [-0.2, -0.15) is 8.78 Å². The largest absolute Gasteiger partial charge is 0.496 e. The smallest absolute Gasteiger partial charge is 0.330 e. The fourth-order valence-electron chi connectivity index (χ4n) is 1.49. The number of halogens is 4. The van der Waals surface area contributed by atoms with Crippen LogP contribution in [0.2, 0.25) is 0 Å². The maximum atomic E-state index is 12.8. The second-order valence-corrected chi connectivity index (χ2v) is 3.84. The normalized spacial score (nSPS) is 13.6. The van der Waals surface area contributed by atoms with Gasteiger partial charge in [0, 0.05) is 12.1 Å². The Balaban J connectivity index is 2.79. The average molecular weight is 281 g/mol. The van der Waals surface area contributed by atoms with Crippen molar-refractivity contribution in [1.82, 2.24) is 0 Å². The molecule has 0 fully saturated rings. The molecule has 1 aromatic rings. The van der Waals surface area contributed by atoms with Crippen molar-refractivity contribution in [1.29, 1.82) is 0 Å². The Morgan fingerprint density at radius 3 is 2.42 bits per heavy atom. The molecule has 0 bridgehead atoms. The molecule has 1 aromatic carbocycles. The minimum absolute atomic E-state index is 0.125. The van der Waals surface area contributed by atoms with Crippen molar-refractivity contribution < 1.29 is 27.0 Å². The van der Waals surface area contributed by atoms with Crippen LogP contribution in [0.25, 0.3) is 0 Å². The number of para-hydroxylation sites is 1. The first-order valence-corrected chi connectivity index (χ1v) is 5.53. The molecule has 1 unspecified atom stereocenters. The van der Waals surface area contributed by atoms with Gasteiger partial charge >= 0.3 is 12.3 Å². The van der Waals surface area contributed by atoms with Gasteiger partial charge in [0.25, 0.3) is 0 Å². The van der Waals surface area contributed by atoms with Crippen molar-refractivity contribution in [3.63, 3.8) is 0 Å². The molecule has 19 heavy (non-hydrogen) atoms. The predicted octanol–water partition coefficient (Wildman–Crippen LogP) is 2.61. The van der Waals surface area contributed by atoms with Gasteiger partial charge in [-0.25, -0.2) is 8.78 Å². The van der Waals surface area contributed by atoms with Crippen LogP contribution in [-0.4, -0.2) is 32.6 Å². The van der Waals surface area contributed by atoms with Gasteiger partial charge in [-0.05, 0) is 6.07 Å². The number of benzene rings is 1. The monoisotopic (exact) mass is 281 g/mol. The van der Waals surface area contributed by atoms with Crippen molar-refractivity contribution in [2.24, 2.45) is 5.73 Å². The number of rotatable bonds is 7. The van der Waals surface area contributed by atoms with E-state index >= 15 is 0 Å². The topological polar surface area (TPSA) is 44.5 Å². The average Bonchev–Trinajstić information content (AvgIpc) is 2.39. The zero-order chi connectivity index (χ0) is 14.5. The lowest BCUT2D eigenvalue weighted by Crippen LogP contribution is -2.34. The van der Waals surface area contributed by atoms with Crippen molar-refractivity contribution in [3.05, 3.63) is 29.8 Å². The van der Waals surface area contributed by atoms with E-state index in [1.54, 1.807) is 24.3 Å². The maximum Gasteiger partial charge on any atom is 0.330 e. The summed E-state index contributed by atoms with van der Waals surface area (Å²) < 4.78 is 59.5. The molecule has 0 radical (unpaired) electrons. The zero-order valence-electron chi connectivity index (χ0n) is 10.3. The second kappa shape index (κ2) is 6.72. The minimum atomic E-state index is -4.20. The highest BCUT2D eigenvalue weighted by Crippen LogP contribution is 2.30. The predicted molar refractivity (Wildman–Crippen MR) is 61.7 cm³/mol. The minimum Gasteiger partial charge on any atom is -0.496 e. The summed E-state index contributed by atoms with van der Waals surface area (Å²) in [4.78, 5) is 0. The molecule has 3 nitrogen and oxygen atoms in total. The molecule has 7 heteroatoms. The van der Waals surface area contributed by atoms with E-state index in [0.29, 0.717) is 11.3 Å². The molecule has 1 atom stereocenters. The van der Waals surface area contributed by atoms with Gasteiger partial charge in [0.1, 0.15) is 12.4 Å². The molecule has 108 valence electrons. The third-order valence-corrected chi connectivity index (χ3v) is 2.50. The lowest BCUT2D eigenvalue weighted by molar-refractivity contribution is -0.176. The maximum absolute atomic E-state index is 12.8. The van der Waals surface area contributed by atoms with Crippen LogP contribution in [0, 0.1) is 0 Å². The van der Waals surface area contributed by atoms with Gasteiger partial charge in [-0.1, -0.05) is 18.2 Å². The number of methoxy groups -OCH3 is 1. The van der Waals surface area contributed by atoms with Gasteiger partial charge in [-0.15, -0.1) is 0 Å². The highest BCUT2D eigenvalue weighted by Gasteiger charge is 2.41. The molecule has 1 rings (SSSR count). The Morgan fingerprint density at radius 1 is 1.26 bits per heavy atom. The summed E-state index contributed by atoms with van der Waals surface area (Å²) in [5.41, 5.74) is 5.86. The van der Waals surface area contributed by atoms with Crippen molar-refractivity contribution in [2.45, 2.75) is 18.5 Å². The highest BCUT2D eigenvalue weighted by atomic mass is 19.3. The first kappa shape index (κ1) is 15.7. The van der Waals surface area contributed by atoms with E-state index in [9.17, 15) is 17.6 Å². The summed E-state index contributed by atoms with van der Waals surface area (Å²) in [7, 11) is 1.40. The van der Waals surface area contributed by atoms with Crippen molar-refractivity contribution >= 4 is 0 Å². The van der Waals surface area contributed by atoms with Crippen LogP contribution < -0.4 is 10.5 Å². The molecule has 0 aliphatic rings. The van der Waals surface area contributed by atoms with Crippen LogP contribution in [0.3, 0.4) is 0 Å². The molecular weight excluding hydrogens is 266 g/mol. The Labute approximate surface area is 108 Å². The Kier molecular flexibility index (Phi) is 5.56. The van der Waals surface area contributed by atoms with Crippen LogP contribution >= 0.6 is 0 Å². The Bertz CT molecular complexity index is 401. The first-order chi connectivity index (χ1) is 8.92. The molecule has 0 amide bonds. The quantitative estimate of drug-likeness (QED) is 0.781. The molecular formula is C12H15F4NO2. The molecule has 0 aromatic heterocycles. The van der Waals surface area contributed by atoms with Crippen molar-refractivity contribution in [3.8, 4) is 5.75 Å². The van der Waals surface area contributed by atoms with Gasteiger partial charge < -0.3 is 15.2 Å². The standard InChI is InChI=1S/C12H15F4NO2/c1-18-9-5-3-2-4-8(9)10(6-17)19-7-12(15,16)11(13)14/h2-5,10-11H,6-7,17H2,1H3. The van der Waals surface area contributed by atoms with Gasteiger partial charge in [0.2, 0.25) is 0 Å². The fourth-order valence-corrected chi connectivity index (χ4v) is 1.49. The van der Waals surface area contributed by atoms with E-state index in [2.05, 4.69) is 0 Å². The lowest BCUT2D eigenvalue weighted by Gasteiger charge is -2.22. The summed E-state index contributed by atoms with van der Waals surface area (Å²) in [5.74, 6) is -3.80. The summed E-state index contributed by atoms with van der Waals surface area (Å²) in [6, 6.07) is 6.52. The molecule has 2 N–H and O–H groups in total. The second-order valence-electron chi connectivity index (χ2n) is 3.84. The molecule has 0 heterocycles. The number of hydrogen-bond acceptors (Lipinski definition) is 3. The number of nitrogens with two attached hydrogens (primary N) is 1. The first-order valence-electron chi connectivity index (χ1n) is 5.53. The van der Waals surface area contributed by atoms with Crippen LogP contribution in [0.1, 0.15) is 11.7 Å². The van der Waals surface area contributed by atoms with E-state index in [-0.39, 0.29) is 6.54 Å². The van der Waals surface area contributed by atoms with Crippen LogP contribution in [-0.2, 0) is 4.74 Å². The SMILES string of the molecule is COc1ccccc1C(CN)OCC(F)(F)C(F)F. The zero-order valence-corrected chi connectivity index (χ0v) is 10.3. The van der Waals surface area contributed by atoms with Crippen LogP contribution in [0.4, 0.5) is 17.6 Å². The molecule has 0 aliphatic carbocycles. The van der Waals surface area contributed by atoms with Crippen LogP contribution in [0.15, 0.2) is 24.3 Å². The van der Waals surface area contributed by atoms with Crippen LogP contribution in [0.5, 0.6) is 5.75 Å². The Hall–Kier alpha value is -1.34.